The van der Waals surface area contributed by atoms with Gasteiger partial charge in [-0.1, -0.05) is 30.0 Å². The van der Waals surface area contributed by atoms with Gasteiger partial charge >= 0.3 is 0 Å². The minimum Gasteiger partial charge on any atom is -0.349 e. The molecule has 2 aromatic carbocycles. The van der Waals surface area contributed by atoms with Gasteiger partial charge in [-0.2, -0.15) is 0 Å². The Morgan fingerprint density at radius 1 is 1.07 bits per heavy atom. The summed E-state index contributed by atoms with van der Waals surface area (Å²) in [5.41, 5.74) is 1.46. The molecule has 1 N–H and O–H groups in total. The maximum absolute atomic E-state index is 13.0. The second-order valence-corrected chi connectivity index (χ2v) is 7.31. The van der Waals surface area contributed by atoms with Crippen LogP contribution in [0.3, 0.4) is 0 Å². The van der Waals surface area contributed by atoms with Crippen LogP contribution in [0.15, 0.2) is 59.6 Å². The SMILES string of the molecule is CN1CCN(C(=Nc2ccccc2)SCC(=O)Nc2ccc(F)cc2)CC1. The zero-order valence-electron chi connectivity index (χ0n) is 15.3. The fraction of sp³-hybridized carbons (Fsp3) is 0.300. The van der Waals surface area contributed by atoms with Gasteiger partial charge in [-0.05, 0) is 43.4 Å². The van der Waals surface area contributed by atoms with Crippen molar-refractivity contribution in [1.29, 1.82) is 0 Å². The number of carbonyl (C=O) groups is 1. The lowest BCUT2D eigenvalue weighted by Crippen LogP contribution is -2.46. The van der Waals surface area contributed by atoms with E-state index in [1.54, 1.807) is 12.1 Å². The summed E-state index contributed by atoms with van der Waals surface area (Å²) < 4.78 is 13.0. The molecule has 1 aliphatic rings. The predicted molar refractivity (Wildman–Crippen MR) is 110 cm³/mol. The van der Waals surface area contributed by atoms with E-state index in [1.165, 1.54) is 23.9 Å². The third kappa shape index (κ3) is 6.08. The summed E-state index contributed by atoms with van der Waals surface area (Å²) in [6.07, 6.45) is 0. The van der Waals surface area contributed by atoms with E-state index in [0.717, 1.165) is 37.0 Å². The summed E-state index contributed by atoms with van der Waals surface area (Å²) >= 11 is 1.43. The number of thioether (sulfide) groups is 1. The molecule has 1 fully saturated rings. The van der Waals surface area contributed by atoms with E-state index in [2.05, 4.69) is 22.2 Å². The lowest BCUT2D eigenvalue weighted by Gasteiger charge is -2.34. The Hall–Kier alpha value is -2.38. The summed E-state index contributed by atoms with van der Waals surface area (Å²) in [6, 6.07) is 15.5. The molecule has 1 aliphatic heterocycles. The van der Waals surface area contributed by atoms with E-state index in [1.807, 2.05) is 30.3 Å². The quantitative estimate of drug-likeness (QED) is 0.646. The molecule has 3 rings (SSSR count). The van der Waals surface area contributed by atoms with Gasteiger partial charge in [0.05, 0.1) is 11.4 Å². The number of anilines is 1. The summed E-state index contributed by atoms with van der Waals surface area (Å²) in [5, 5.41) is 3.64. The zero-order valence-corrected chi connectivity index (χ0v) is 16.1. The molecular weight excluding hydrogens is 363 g/mol. The Balaban J connectivity index is 1.64. The largest absolute Gasteiger partial charge is 0.349 e. The summed E-state index contributed by atoms with van der Waals surface area (Å²) in [4.78, 5) is 21.5. The zero-order chi connectivity index (χ0) is 19.1. The molecule has 27 heavy (non-hydrogen) atoms. The minimum absolute atomic E-state index is 0.138. The number of para-hydroxylation sites is 1. The van der Waals surface area contributed by atoms with Gasteiger partial charge in [0.25, 0.3) is 0 Å². The Bertz CT molecular complexity index is 774. The fourth-order valence-electron chi connectivity index (χ4n) is 2.67. The van der Waals surface area contributed by atoms with Crippen molar-refractivity contribution >= 4 is 34.2 Å². The Labute approximate surface area is 163 Å². The van der Waals surface area contributed by atoms with Crippen LogP contribution in [0.25, 0.3) is 0 Å². The first kappa shape index (κ1) is 19.4. The van der Waals surface area contributed by atoms with Crippen molar-refractivity contribution in [1.82, 2.24) is 9.80 Å². The highest BCUT2D eigenvalue weighted by Gasteiger charge is 2.19. The molecule has 0 aliphatic carbocycles. The number of nitrogens with one attached hydrogen (secondary N) is 1. The first-order chi connectivity index (χ1) is 13.1. The van der Waals surface area contributed by atoms with E-state index < -0.39 is 0 Å². The van der Waals surface area contributed by atoms with E-state index in [4.69, 9.17) is 4.99 Å². The molecule has 0 spiro atoms. The van der Waals surface area contributed by atoms with E-state index in [9.17, 15) is 9.18 Å². The van der Waals surface area contributed by atoms with Crippen LogP contribution in [0.4, 0.5) is 15.8 Å². The number of rotatable bonds is 4. The standard InChI is InChI=1S/C20H23FN4OS/c1-24-11-13-25(14-12-24)20(23-17-5-3-2-4-6-17)27-15-19(26)22-18-9-7-16(21)8-10-18/h2-10H,11-15H2,1H3,(H,22,26). The number of amidine groups is 1. The molecule has 0 atom stereocenters. The number of likely N-dealkylation sites (N-methyl/N-ethyl adjacent to an activating group) is 1. The van der Waals surface area contributed by atoms with Crippen molar-refractivity contribution in [2.24, 2.45) is 4.99 Å². The maximum atomic E-state index is 13.0. The molecule has 1 saturated heterocycles. The highest BCUT2D eigenvalue weighted by Crippen LogP contribution is 2.19. The smallest absolute Gasteiger partial charge is 0.234 e. The third-order valence-corrected chi connectivity index (χ3v) is 5.23. The Kier molecular flexibility index (Phi) is 6.84. The van der Waals surface area contributed by atoms with Crippen molar-refractivity contribution in [2.45, 2.75) is 0 Å². The number of amides is 1. The van der Waals surface area contributed by atoms with Crippen molar-refractivity contribution in [3.63, 3.8) is 0 Å². The van der Waals surface area contributed by atoms with Crippen molar-refractivity contribution < 1.29 is 9.18 Å². The second-order valence-electron chi connectivity index (χ2n) is 6.36. The van der Waals surface area contributed by atoms with Gasteiger partial charge in [-0.25, -0.2) is 9.38 Å². The number of hydrogen-bond acceptors (Lipinski definition) is 4. The van der Waals surface area contributed by atoms with Gasteiger partial charge in [0.2, 0.25) is 5.91 Å². The molecule has 2 aromatic rings. The predicted octanol–water partition coefficient (Wildman–Crippen LogP) is 3.43. The second kappa shape index (κ2) is 9.53. The number of aliphatic imine (C=N–C) groups is 1. The molecule has 142 valence electrons. The molecular formula is C20H23FN4OS. The van der Waals surface area contributed by atoms with Crippen LogP contribution in [0.2, 0.25) is 0 Å². The Morgan fingerprint density at radius 2 is 1.74 bits per heavy atom. The number of halogens is 1. The summed E-state index contributed by atoms with van der Waals surface area (Å²) in [6.45, 7) is 3.70. The summed E-state index contributed by atoms with van der Waals surface area (Å²) in [5.74, 6) is -0.216. The van der Waals surface area contributed by atoms with Gasteiger partial charge in [-0.3, -0.25) is 4.79 Å². The van der Waals surface area contributed by atoms with Crippen LogP contribution in [-0.4, -0.2) is 59.9 Å². The van der Waals surface area contributed by atoms with Crippen LogP contribution >= 0.6 is 11.8 Å². The molecule has 0 saturated carbocycles. The van der Waals surface area contributed by atoms with Gasteiger partial charge in [0.15, 0.2) is 5.17 Å². The summed E-state index contributed by atoms with van der Waals surface area (Å²) in [7, 11) is 2.11. The van der Waals surface area contributed by atoms with E-state index in [-0.39, 0.29) is 17.5 Å². The van der Waals surface area contributed by atoms with Crippen LogP contribution in [0.1, 0.15) is 0 Å². The highest BCUT2D eigenvalue weighted by atomic mass is 32.2. The lowest BCUT2D eigenvalue weighted by atomic mass is 10.3. The number of benzene rings is 2. The van der Waals surface area contributed by atoms with Gasteiger partial charge in [-0.15, -0.1) is 0 Å². The average molecular weight is 386 g/mol. The van der Waals surface area contributed by atoms with E-state index in [0.29, 0.717) is 5.69 Å². The van der Waals surface area contributed by atoms with Gasteiger partial charge in [0.1, 0.15) is 5.82 Å². The average Bonchev–Trinajstić information content (AvgIpc) is 2.68. The van der Waals surface area contributed by atoms with Crippen LogP contribution in [-0.2, 0) is 4.79 Å². The van der Waals surface area contributed by atoms with Crippen LogP contribution in [0.5, 0.6) is 0 Å². The minimum atomic E-state index is -0.324. The first-order valence-electron chi connectivity index (χ1n) is 8.85. The highest BCUT2D eigenvalue weighted by molar-refractivity contribution is 8.14. The normalized spacial score (nSPS) is 15.6. The van der Waals surface area contributed by atoms with Crippen molar-refractivity contribution in [3.05, 3.63) is 60.4 Å². The van der Waals surface area contributed by atoms with Crippen molar-refractivity contribution in [3.8, 4) is 0 Å². The monoisotopic (exact) mass is 386 g/mol. The Morgan fingerprint density at radius 3 is 2.41 bits per heavy atom. The number of piperazine rings is 1. The molecule has 1 heterocycles. The van der Waals surface area contributed by atoms with Crippen molar-refractivity contribution in [2.75, 3.05) is 44.3 Å². The first-order valence-corrected chi connectivity index (χ1v) is 9.84. The molecule has 1 amide bonds. The number of carbonyl (C=O) groups excluding carboxylic acids is 1. The molecule has 0 radical (unpaired) electrons. The fourth-order valence-corrected chi connectivity index (χ4v) is 3.53. The molecule has 0 bridgehead atoms. The number of nitrogens with zero attached hydrogens (tertiary/aromatic N) is 3. The van der Waals surface area contributed by atoms with Crippen LogP contribution < -0.4 is 5.32 Å². The number of hydrogen-bond donors (Lipinski definition) is 1. The molecule has 5 nitrogen and oxygen atoms in total. The molecule has 7 heteroatoms. The lowest BCUT2D eigenvalue weighted by molar-refractivity contribution is -0.113. The third-order valence-electron chi connectivity index (χ3n) is 4.22. The van der Waals surface area contributed by atoms with Crippen LogP contribution in [0, 0.1) is 5.82 Å². The van der Waals surface area contributed by atoms with Gasteiger partial charge in [0, 0.05) is 31.9 Å². The molecule has 0 unspecified atom stereocenters. The van der Waals surface area contributed by atoms with E-state index >= 15 is 0 Å². The topological polar surface area (TPSA) is 47.9 Å². The van der Waals surface area contributed by atoms with Gasteiger partial charge < -0.3 is 15.1 Å². The maximum Gasteiger partial charge on any atom is 0.234 e. The molecule has 0 aromatic heterocycles.